The monoisotopic (exact) mass is 225 g/mol. The molecule has 90 valence electrons. The summed E-state index contributed by atoms with van der Waals surface area (Å²) >= 11 is 0. The normalized spacial score (nSPS) is 32.9. The lowest BCUT2D eigenvalue weighted by molar-refractivity contribution is -0.121. The lowest BCUT2D eigenvalue weighted by atomic mass is 10.00. The van der Waals surface area contributed by atoms with Gasteiger partial charge in [-0.1, -0.05) is 0 Å². The molecule has 2 rings (SSSR count). The van der Waals surface area contributed by atoms with E-state index in [-0.39, 0.29) is 12.0 Å². The smallest absolute Gasteiger partial charge is 0.407 e. The molecule has 2 bridgehead atoms. The number of hydrogen-bond acceptors (Lipinski definition) is 3. The van der Waals surface area contributed by atoms with Crippen LogP contribution in [0.5, 0.6) is 0 Å². The number of ketones is 1. The summed E-state index contributed by atoms with van der Waals surface area (Å²) in [5.74, 6) is 0.680. The first-order valence-electron chi connectivity index (χ1n) is 5.89. The number of carbonyl (C=O) groups excluding carboxylic acids is 2. The number of rotatable bonds is 1. The maximum atomic E-state index is 11.6. The Labute approximate surface area is 95.7 Å². The molecule has 0 aliphatic heterocycles. The molecule has 0 spiro atoms. The van der Waals surface area contributed by atoms with Crippen molar-refractivity contribution in [3.63, 3.8) is 0 Å². The fourth-order valence-corrected chi connectivity index (χ4v) is 2.74. The van der Waals surface area contributed by atoms with Gasteiger partial charge in [0, 0.05) is 18.4 Å². The van der Waals surface area contributed by atoms with Gasteiger partial charge in [0.2, 0.25) is 0 Å². The summed E-state index contributed by atoms with van der Waals surface area (Å²) < 4.78 is 5.20. The highest BCUT2D eigenvalue weighted by molar-refractivity contribution is 5.86. The van der Waals surface area contributed by atoms with E-state index in [9.17, 15) is 9.59 Å². The van der Waals surface area contributed by atoms with Gasteiger partial charge in [-0.3, -0.25) is 4.79 Å². The maximum Gasteiger partial charge on any atom is 0.407 e. The molecule has 2 fully saturated rings. The summed E-state index contributed by atoms with van der Waals surface area (Å²) in [6.45, 7) is 5.50. The van der Waals surface area contributed by atoms with Crippen molar-refractivity contribution >= 4 is 11.9 Å². The summed E-state index contributed by atoms with van der Waals surface area (Å²) in [4.78, 5) is 23.1. The summed E-state index contributed by atoms with van der Waals surface area (Å²) in [5.41, 5.74) is -0.480. The summed E-state index contributed by atoms with van der Waals surface area (Å²) in [7, 11) is 0. The second kappa shape index (κ2) is 3.75. The molecule has 0 aromatic carbocycles. The number of Topliss-reactive ketones (excluding diaryl/α,β-unsaturated/α-hetero) is 1. The van der Waals surface area contributed by atoms with E-state index in [1.54, 1.807) is 0 Å². The quantitative estimate of drug-likeness (QED) is 0.741. The minimum absolute atomic E-state index is 0.0161. The van der Waals surface area contributed by atoms with Crippen molar-refractivity contribution in [3.05, 3.63) is 0 Å². The van der Waals surface area contributed by atoms with Crippen LogP contribution in [0.3, 0.4) is 0 Å². The van der Waals surface area contributed by atoms with Crippen LogP contribution in [0.25, 0.3) is 0 Å². The van der Waals surface area contributed by atoms with Gasteiger partial charge >= 0.3 is 6.09 Å². The minimum atomic E-state index is -0.480. The highest BCUT2D eigenvalue weighted by atomic mass is 16.6. The number of ether oxygens (including phenoxy) is 1. The van der Waals surface area contributed by atoms with E-state index in [0.717, 1.165) is 12.8 Å². The molecule has 0 radical (unpaired) electrons. The van der Waals surface area contributed by atoms with E-state index in [2.05, 4.69) is 5.32 Å². The molecule has 1 amide bonds. The van der Waals surface area contributed by atoms with Gasteiger partial charge in [-0.05, 0) is 39.5 Å². The molecule has 0 saturated heterocycles. The third kappa shape index (κ3) is 2.20. The molecule has 1 N–H and O–H groups in total. The Morgan fingerprint density at radius 3 is 2.50 bits per heavy atom. The van der Waals surface area contributed by atoms with E-state index >= 15 is 0 Å². The van der Waals surface area contributed by atoms with Crippen molar-refractivity contribution in [2.24, 2.45) is 11.8 Å². The summed E-state index contributed by atoms with van der Waals surface area (Å²) in [6, 6.07) is 0.0161. The highest BCUT2D eigenvalue weighted by Gasteiger charge is 2.48. The highest BCUT2D eigenvalue weighted by Crippen LogP contribution is 2.42. The van der Waals surface area contributed by atoms with E-state index in [1.807, 2.05) is 20.8 Å². The number of carbonyl (C=O) groups is 2. The fourth-order valence-electron chi connectivity index (χ4n) is 2.74. The van der Waals surface area contributed by atoms with Crippen LogP contribution in [0.1, 0.15) is 40.0 Å². The number of alkyl carbamates (subject to hydrolysis) is 1. The average Bonchev–Trinajstić information content (AvgIpc) is 2.57. The van der Waals surface area contributed by atoms with Crippen LogP contribution in [-0.2, 0) is 9.53 Å². The van der Waals surface area contributed by atoms with Gasteiger partial charge in [0.1, 0.15) is 11.4 Å². The van der Waals surface area contributed by atoms with E-state index in [4.69, 9.17) is 4.74 Å². The largest absolute Gasteiger partial charge is 0.444 e. The van der Waals surface area contributed by atoms with Crippen molar-refractivity contribution in [2.45, 2.75) is 51.7 Å². The van der Waals surface area contributed by atoms with Crippen LogP contribution in [0.2, 0.25) is 0 Å². The first kappa shape index (κ1) is 11.4. The topological polar surface area (TPSA) is 55.4 Å². The molecule has 2 aliphatic rings. The molecule has 0 aromatic rings. The number of nitrogens with one attached hydrogen (secondary N) is 1. The first-order chi connectivity index (χ1) is 7.37. The summed E-state index contributed by atoms with van der Waals surface area (Å²) in [6.07, 6.45) is 2.20. The zero-order valence-corrected chi connectivity index (χ0v) is 10.1. The van der Waals surface area contributed by atoms with Crippen LogP contribution in [-0.4, -0.2) is 23.5 Å². The van der Waals surface area contributed by atoms with Gasteiger partial charge in [-0.15, -0.1) is 0 Å². The standard InChI is InChI=1S/C12H19NO3/c1-12(2,3)16-11(15)13-10-7-4-5-8(10)9(14)6-7/h7-8,10H,4-6H2,1-3H3,(H,13,15)/t7-,8-,10-/m0/s1. The van der Waals surface area contributed by atoms with Crippen LogP contribution < -0.4 is 5.32 Å². The average molecular weight is 225 g/mol. The first-order valence-corrected chi connectivity index (χ1v) is 5.89. The Bertz CT molecular complexity index is 319. The second-order valence-electron chi connectivity index (χ2n) is 5.79. The van der Waals surface area contributed by atoms with Crippen LogP contribution >= 0.6 is 0 Å². The van der Waals surface area contributed by atoms with Crippen molar-refractivity contribution < 1.29 is 14.3 Å². The Hall–Kier alpha value is -1.06. The Kier molecular flexibility index (Phi) is 2.68. The Balaban J connectivity index is 1.91. The molecule has 3 atom stereocenters. The lowest BCUT2D eigenvalue weighted by Crippen LogP contribution is -2.42. The molecule has 2 saturated carbocycles. The number of fused-ring (bicyclic) bond motifs is 2. The number of amides is 1. The zero-order chi connectivity index (χ0) is 11.9. The predicted molar refractivity (Wildman–Crippen MR) is 59.0 cm³/mol. The molecule has 0 heterocycles. The maximum absolute atomic E-state index is 11.6. The van der Waals surface area contributed by atoms with E-state index < -0.39 is 11.7 Å². The van der Waals surface area contributed by atoms with Crippen LogP contribution in [0, 0.1) is 11.8 Å². The Morgan fingerprint density at radius 2 is 2.06 bits per heavy atom. The van der Waals surface area contributed by atoms with E-state index in [0.29, 0.717) is 18.1 Å². The Morgan fingerprint density at radius 1 is 1.38 bits per heavy atom. The number of hydrogen-bond donors (Lipinski definition) is 1. The molecule has 4 heteroatoms. The van der Waals surface area contributed by atoms with E-state index in [1.165, 1.54) is 0 Å². The van der Waals surface area contributed by atoms with Crippen molar-refractivity contribution in [2.75, 3.05) is 0 Å². The van der Waals surface area contributed by atoms with Crippen LogP contribution in [0.4, 0.5) is 4.79 Å². The molecule has 16 heavy (non-hydrogen) atoms. The van der Waals surface area contributed by atoms with Crippen molar-refractivity contribution in [3.8, 4) is 0 Å². The molecule has 2 aliphatic carbocycles. The minimum Gasteiger partial charge on any atom is -0.444 e. The molecule has 4 nitrogen and oxygen atoms in total. The summed E-state index contributed by atoms with van der Waals surface area (Å²) in [5, 5.41) is 2.85. The fraction of sp³-hybridized carbons (Fsp3) is 0.833. The second-order valence-corrected chi connectivity index (χ2v) is 5.79. The molecular weight excluding hydrogens is 206 g/mol. The molecular formula is C12H19NO3. The molecule has 0 aromatic heterocycles. The van der Waals surface area contributed by atoms with Gasteiger partial charge < -0.3 is 10.1 Å². The third-order valence-corrected chi connectivity index (χ3v) is 3.35. The van der Waals surface area contributed by atoms with Gasteiger partial charge in [0.05, 0.1) is 0 Å². The molecule has 0 unspecified atom stereocenters. The SMILES string of the molecule is CC(C)(C)OC(=O)N[C@H]1[C@H]2CC[C@H]1C(=O)C2. The third-order valence-electron chi connectivity index (χ3n) is 3.35. The lowest BCUT2D eigenvalue weighted by Gasteiger charge is -2.23. The zero-order valence-electron chi connectivity index (χ0n) is 10.1. The van der Waals surface area contributed by atoms with Gasteiger partial charge in [0.15, 0.2) is 0 Å². The van der Waals surface area contributed by atoms with Gasteiger partial charge in [-0.2, -0.15) is 0 Å². The van der Waals surface area contributed by atoms with Gasteiger partial charge in [0.25, 0.3) is 0 Å². The van der Waals surface area contributed by atoms with Crippen LogP contribution in [0.15, 0.2) is 0 Å². The van der Waals surface area contributed by atoms with Crippen molar-refractivity contribution in [1.29, 1.82) is 0 Å². The van der Waals surface area contributed by atoms with Crippen molar-refractivity contribution in [1.82, 2.24) is 5.32 Å². The predicted octanol–water partition coefficient (Wildman–Crippen LogP) is 1.88. The van der Waals surface area contributed by atoms with Gasteiger partial charge in [-0.25, -0.2) is 4.79 Å².